The van der Waals surface area contributed by atoms with Crippen LogP contribution in [0.5, 0.6) is 0 Å². The van der Waals surface area contributed by atoms with Crippen LogP contribution in [0.15, 0.2) is 16.5 Å². The van der Waals surface area contributed by atoms with Gasteiger partial charge in [-0.25, -0.2) is 0 Å². The SMILES string of the molecule is CC(C)CN(CC(C)C)C(=O)c1ccc(I)o1. The summed E-state index contributed by atoms with van der Waals surface area (Å²) in [5, 5.41) is 0. The van der Waals surface area contributed by atoms with E-state index < -0.39 is 0 Å². The lowest BCUT2D eigenvalue weighted by Gasteiger charge is -2.25. The van der Waals surface area contributed by atoms with Crippen molar-refractivity contribution in [2.45, 2.75) is 27.7 Å². The summed E-state index contributed by atoms with van der Waals surface area (Å²) in [4.78, 5) is 14.1. The molecule has 0 fully saturated rings. The highest BCUT2D eigenvalue weighted by Gasteiger charge is 2.20. The Morgan fingerprint density at radius 3 is 2.12 bits per heavy atom. The Morgan fingerprint density at radius 1 is 1.24 bits per heavy atom. The Labute approximate surface area is 117 Å². The Bertz CT molecular complexity index is 361. The van der Waals surface area contributed by atoms with Gasteiger partial charge in [-0.2, -0.15) is 0 Å². The molecule has 1 aromatic heterocycles. The van der Waals surface area contributed by atoms with Crippen molar-refractivity contribution in [3.8, 4) is 0 Å². The average Bonchev–Trinajstić information content (AvgIpc) is 2.61. The molecule has 0 unspecified atom stereocenters. The van der Waals surface area contributed by atoms with Crippen molar-refractivity contribution in [1.82, 2.24) is 4.90 Å². The number of hydrogen-bond donors (Lipinski definition) is 0. The summed E-state index contributed by atoms with van der Waals surface area (Å²) in [6, 6.07) is 3.56. The molecule has 0 N–H and O–H groups in total. The second-order valence-electron chi connectivity index (χ2n) is 5.10. The number of nitrogens with zero attached hydrogens (tertiary/aromatic N) is 1. The Balaban J connectivity index is 2.78. The van der Waals surface area contributed by atoms with Gasteiger partial charge in [-0.05, 0) is 46.6 Å². The van der Waals surface area contributed by atoms with Crippen LogP contribution in [0.4, 0.5) is 0 Å². The third-order valence-corrected chi connectivity index (χ3v) is 2.82. The van der Waals surface area contributed by atoms with Crippen LogP contribution >= 0.6 is 22.6 Å². The van der Waals surface area contributed by atoms with Crippen LogP contribution in [-0.2, 0) is 0 Å². The first-order chi connectivity index (χ1) is 7.90. The predicted octanol–water partition coefficient (Wildman–Crippen LogP) is 3.64. The number of carbonyl (C=O) groups excluding carboxylic acids is 1. The van der Waals surface area contributed by atoms with E-state index in [2.05, 4.69) is 50.3 Å². The minimum absolute atomic E-state index is 0.00434. The van der Waals surface area contributed by atoms with E-state index in [-0.39, 0.29) is 5.91 Å². The Hall–Kier alpha value is -0.520. The maximum absolute atomic E-state index is 12.3. The van der Waals surface area contributed by atoms with Gasteiger partial charge >= 0.3 is 0 Å². The highest BCUT2D eigenvalue weighted by molar-refractivity contribution is 14.1. The van der Waals surface area contributed by atoms with Gasteiger partial charge in [0, 0.05) is 13.1 Å². The van der Waals surface area contributed by atoms with Gasteiger partial charge in [-0.15, -0.1) is 0 Å². The molecule has 4 heteroatoms. The van der Waals surface area contributed by atoms with E-state index in [1.54, 1.807) is 6.07 Å². The summed E-state index contributed by atoms with van der Waals surface area (Å²) in [7, 11) is 0. The molecule has 0 atom stereocenters. The predicted molar refractivity (Wildman–Crippen MR) is 77.0 cm³/mol. The second kappa shape index (κ2) is 6.42. The molecule has 0 radical (unpaired) electrons. The van der Waals surface area contributed by atoms with Gasteiger partial charge in [0.15, 0.2) is 9.53 Å². The molecule has 1 rings (SSSR count). The quantitative estimate of drug-likeness (QED) is 0.761. The first-order valence-corrected chi connectivity index (χ1v) is 7.02. The second-order valence-corrected chi connectivity index (χ2v) is 6.16. The van der Waals surface area contributed by atoms with Crippen LogP contribution in [-0.4, -0.2) is 23.9 Å². The van der Waals surface area contributed by atoms with Crippen LogP contribution in [0.1, 0.15) is 38.2 Å². The van der Waals surface area contributed by atoms with Crippen molar-refractivity contribution in [2.75, 3.05) is 13.1 Å². The van der Waals surface area contributed by atoms with E-state index in [0.29, 0.717) is 17.6 Å². The topological polar surface area (TPSA) is 33.5 Å². The largest absolute Gasteiger partial charge is 0.445 e. The van der Waals surface area contributed by atoms with E-state index in [1.807, 2.05) is 11.0 Å². The van der Waals surface area contributed by atoms with Crippen molar-refractivity contribution in [3.05, 3.63) is 21.7 Å². The number of halogens is 1. The van der Waals surface area contributed by atoms with Gasteiger partial charge in [0.2, 0.25) is 0 Å². The van der Waals surface area contributed by atoms with Crippen molar-refractivity contribution in [1.29, 1.82) is 0 Å². The molecular formula is C13H20INO2. The zero-order chi connectivity index (χ0) is 13.0. The molecule has 0 saturated heterocycles. The summed E-state index contributed by atoms with van der Waals surface area (Å²) >= 11 is 2.07. The molecule has 0 bridgehead atoms. The summed E-state index contributed by atoms with van der Waals surface area (Å²) in [6.45, 7) is 10.0. The maximum Gasteiger partial charge on any atom is 0.289 e. The summed E-state index contributed by atoms with van der Waals surface area (Å²) in [5.41, 5.74) is 0. The molecule has 1 heterocycles. The average molecular weight is 349 g/mol. The van der Waals surface area contributed by atoms with Gasteiger partial charge in [0.1, 0.15) is 0 Å². The van der Waals surface area contributed by atoms with Gasteiger partial charge in [0.25, 0.3) is 5.91 Å². The van der Waals surface area contributed by atoms with Gasteiger partial charge in [0.05, 0.1) is 0 Å². The molecule has 0 aromatic carbocycles. The lowest BCUT2D eigenvalue weighted by atomic mass is 10.1. The first kappa shape index (κ1) is 14.5. The molecule has 0 aliphatic rings. The van der Waals surface area contributed by atoms with Crippen molar-refractivity contribution in [3.63, 3.8) is 0 Å². The molecule has 0 aliphatic carbocycles. The van der Waals surface area contributed by atoms with E-state index in [1.165, 1.54) is 0 Å². The van der Waals surface area contributed by atoms with Gasteiger partial charge in [-0.3, -0.25) is 4.79 Å². The Morgan fingerprint density at radius 2 is 1.76 bits per heavy atom. The molecular weight excluding hydrogens is 329 g/mol. The normalized spacial score (nSPS) is 11.2. The van der Waals surface area contributed by atoms with Crippen molar-refractivity contribution < 1.29 is 9.21 Å². The molecule has 0 aliphatic heterocycles. The first-order valence-electron chi connectivity index (χ1n) is 5.94. The number of rotatable bonds is 5. The molecule has 1 amide bonds. The lowest BCUT2D eigenvalue weighted by Crippen LogP contribution is -2.36. The fourth-order valence-corrected chi connectivity index (χ4v) is 2.12. The molecule has 3 nitrogen and oxygen atoms in total. The van der Waals surface area contributed by atoms with Crippen LogP contribution in [0, 0.1) is 15.6 Å². The minimum Gasteiger partial charge on any atom is -0.445 e. The number of hydrogen-bond acceptors (Lipinski definition) is 2. The standard InChI is InChI=1S/C13H20INO2/c1-9(2)7-15(8-10(3)4)13(16)11-5-6-12(14)17-11/h5-6,9-10H,7-8H2,1-4H3. The van der Waals surface area contributed by atoms with Crippen molar-refractivity contribution >= 4 is 28.5 Å². The summed E-state index contributed by atoms with van der Waals surface area (Å²) in [5.74, 6) is 1.37. The Kier molecular flexibility index (Phi) is 5.49. The van der Waals surface area contributed by atoms with Crippen LogP contribution in [0.25, 0.3) is 0 Å². The molecule has 17 heavy (non-hydrogen) atoms. The summed E-state index contributed by atoms with van der Waals surface area (Å²) < 4.78 is 6.13. The zero-order valence-electron chi connectivity index (χ0n) is 10.9. The van der Waals surface area contributed by atoms with Crippen LogP contribution in [0.2, 0.25) is 0 Å². The minimum atomic E-state index is -0.00434. The van der Waals surface area contributed by atoms with E-state index in [0.717, 1.165) is 16.9 Å². The third-order valence-electron chi connectivity index (χ3n) is 2.24. The molecule has 0 saturated carbocycles. The zero-order valence-corrected chi connectivity index (χ0v) is 13.0. The highest BCUT2D eigenvalue weighted by atomic mass is 127. The van der Waals surface area contributed by atoms with Gasteiger partial charge < -0.3 is 9.32 Å². The third kappa shape index (κ3) is 4.69. The van der Waals surface area contributed by atoms with E-state index >= 15 is 0 Å². The monoisotopic (exact) mass is 349 g/mol. The summed E-state index contributed by atoms with van der Waals surface area (Å²) in [6.07, 6.45) is 0. The van der Waals surface area contributed by atoms with Gasteiger partial charge in [-0.1, -0.05) is 27.7 Å². The van der Waals surface area contributed by atoms with E-state index in [9.17, 15) is 4.79 Å². The fraction of sp³-hybridized carbons (Fsp3) is 0.615. The van der Waals surface area contributed by atoms with Crippen LogP contribution < -0.4 is 0 Å². The molecule has 96 valence electrons. The number of amides is 1. The number of carbonyl (C=O) groups is 1. The maximum atomic E-state index is 12.3. The molecule has 0 spiro atoms. The smallest absolute Gasteiger partial charge is 0.289 e. The van der Waals surface area contributed by atoms with E-state index in [4.69, 9.17) is 4.42 Å². The number of furan rings is 1. The highest BCUT2D eigenvalue weighted by Crippen LogP contribution is 2.14. The molecule has 1 aromatic rings. The fourth-order valence-electron chi connectivity index (χ4n) is 1.71. The lowest BCUT2D eigenvalue weighted by molar-refractivity contribution is 0.0681. The van der Waals surface area contributed by atoms with Crippen molar-refractivity contribution in [2.24, 2.45) is 11.8 Å². The van der Waals surface area contributed by atoms with Crippen LogP contribution in [0.3, 0.4) is 0 Å².